The van der Waals surface area contributed by atoms with Crippen LogP contribution in [-0.4, -0.2) is 31.2 Å². The Morgan fingerprint density at radius 3 is 2.50 bits per heavy atom. The lowest BCUT2D eigenvalue weighted by molar-refractivity contribution is 0.0694. The van der Waals surface area contributed by atoms with Gasteiger partial charge in [0.25, 0.3) is 5.91 Å². The fraction of sp³-hybridized carbons (Fsp3) is 0.250. The van der Waals surface area contributed by atoms with Gasteiger partial charge in [0.15, 0.2) is 11.5 Å². The van der Waals surface area contributed by atoms with E-state index >= 15 is 0 Å². The van der Waals surface area contributed by atoms with Crippen molar-refractivity contribution >= 4 is 27.8 Å². The molecule has 0 bridgehead atoms. The van der Waals surface area contributed by atoms with Crippen LogP contribution in [0.1, 0.15) is 32.2 Å². The predicted octanol–water partition coefficient (Wildman–Crippen LogP) is 3.00. The van der Waals surface area contributed by atoms with Gasteiger partial charge >= 0.3 is 5.97 Å². The first-order chi connectivity index (χ1) is 11.4. The van der Waals surface area contributed by atoms with E-state index in [-0.39, 0.29) is 18.0 Å². The summed E-state index contributed by atoms with van der Waals surface area (Å²) in [5.74, 6) is 0.125. The molecular weight excluding hydrogens is 382 g/mol. The fourth-order valence-electron chi connectivity index (χ4n) is 2.16. The SMILES string of the molecule is COc1cc(C(=O)NCc2cc(C(=O)O)c(C)o2)cc(Br)c1OC. The summed E-state index contributed by atoms with van der Waals surface area (Å²) in [5.41, 5.74) is 0.439. The summed E-state index contributed by atoms with van der Waals surface area (Å²) >= 11 is 3.32. The Hall–Kier alpha value is -2.48. The molecule has 0 unspecified atom stereocenters. The number of benzene rings is 1. The third-order valence-electron chi connectivity index (χ3n) is 3.32. The van der Waals surface area contributed by atoms with E-state index in [1.165, 1.54) is 20.3 Å². The van der Waals surface area contributed by atoms with Crippen LogP contribution in [0.3, 0.4) is 0 Å². The van der Waals surface area contributed by atoms with Gasteiger partial charge in [0, 0.05) is 5.56 Å². The van der Waals surface area contributed by atoms with Crippen LogP contribution in [0.2, 0.25) is 0 Å². The van der Waals surface area contributed by atoms with Crippen molar-refractivity contribution in [2.24, 2.45) is 0 Å². The van der Waals surface area contributed by atoms with Crippen LogP contribution in [0.5, 0.6) is 11.5 Å². The Morgan fingerprint density at radius 2 is 1.96 bits per heavy atom. The molecule has 0 saturated heterocycles. The molecule has 128 valence electrons. The number of carbonyl (C=O) groups excluding carboxylic acids is 1. The van der Waals surface area contributed by atoms with Gasteiger partial charge in [-0.1, -0.05) is 0 Å². The molecule has 1 aromatic heterocycles. The van der Waals surface area contributed by atoms with Gasteiger partial charge in [0.1, 0.15) is 17.1 Å². The maximum Gasteiger partial charge on any atom is 0.339 e. The van der Waals surface area contributed by atoms with Crippen LogP contribution in [-0.2, 0) is 6.54 Å². The Morgan fingerprint density at radius 1 is 1.25 bits per heavy atom. The van der Waals surface area contributed by atoms with Crippen LogP contribution in [0, 0.1) is 6.92 Å². The Bertz CT molecular complexity index is 783. The summed E-state index contributed by atoms with van der Waals surface area (Å²) in [4.78, 5) is 23.3. The topological polar surface area (TPSA) is 98.0 Å². The van der Waals surface area contributed by atoms with Gasteiger partial charge in [-0.15, -0.1) is 0 Å². The minimum Gasteiger partial charge on any atom is -0.493 e. The highest BCUT2D eigenvalue weighted by atomic mass is 79.9. The van der Waals surface area contributed by atoms with Crippen LogP contribution < -0.4 is 14.8 Å². The number of carbonyl (C=O) groups is 2. The third-order valence-corrected chi connectivity index (χ3v) is 3.91. The average Bonchev–Trinajstić information content (AvgIpc) is 2.92. The van der Waals surface area contributed by atoms with Gasteiger partial charge in [-0.3, -0.25) is 4.79 Å². The second-order valence-electron chi connectivity index (χ2n) is 4.86. The number of hydrogen-bond donors (Lipinski definition) is 2. The molecule has 1 heterocycles. The number of furan rings is 1. The molecule has 0 saturated carbocycles. The van der Waals surface area contributed by atoms with Gasteiger partial charge in [-0.25, -0.2) is 4.79 Å². The highest BCUT2D eigenvalue weighted by Crippen LogP contribution is 2.36. The molecular formula is C16H16BrNO6. The van der Waals surface area contributed by atoms with Crippen LogP contribution in [0.25, 0.3) is 0 Å². The van der Waals surface area contributed by atoms with Gasteiger partial charge in [0.2, 0.25) is 0 Å². The van der Waals surface area contributed by atoms with Gasteiger partial charge in [-0.05, 0) is 41.1 Å². The van der Waals surface area contributed by atoms with Crippen molar-refractivity contribution in [2.45, 2.75) is 13.5 Å². The van der Waals surface area contributed by atoms with Crippen LogP contribution >= 0.6 is 15.9 Å². The summed E-state index contributed by atoms with van der Waals surface area (Å²) in [7, 11) is 2.98. The zero-order chi connectivity index (χ0) is 17.9. The molecule has 0 spiro atoms. The van der Waals surface area contributed by atoms with E-state index in [9.17, 15) is 9.59 Å². The summed E-state index contributed by atoms with van der Waals surface area (Å²) in [6.45, 7) is 1.62. The first kappa shape index (κ1) is 17.9. The number of aromatic carboxylic acids is 1. The maximum atomic E-state index is 12.3. The number of rotatable bonds is 6. The minimum atomic E-state index is -1.07. The number of carboxylic acid groups (broad SMARTS) is 1. The molecule has 2 N–H and O–H groups in total. The van der Waals surface area contributed by atoms with E-state index < -0.39 is 5.97 Å². The number of carboxylic acids is 1. The molecule has 8 heteroatoms. The Labute approximate surface area is 146 Å². The zero-order valence-electron chi connectivity index (χ0n) is 13.3. The minimum absolute atomic E-state index is 0.0684. The lowest BCUT2D eigenvalue weighted by Gasteiger charge is -2.11. The number of aryl methyl sites for hydroxylation is 1. The molecule has 1 amide bonds. The Kier molecular flexibility index (Phi) is 5.50. The number of halogens is 1. The van der Waals surface area contributed by atoms with Crippen molar-refractivity contribution in [2.75, 3.05) is 14.2 Å². The van der Waals surface area contributed by atoms with Crippen molar-refractivity contribution in [3.63, 3.8) is 0 Å². The Balaban J connectivity index is 2.14. The number of nitrogens with one attached hydrogen (secondary N) is 1. The second kappa shape index (κ2) is 7.39. The lowest BCUT2D eigenvalue weighted by Crippen LogP contribution is -2.22. The lowest BCUT2D eigenvalue weighted by atomic mass is 10.2. The largest absolute Gasteiger partial charge is 0.493 e. The third kappa shape index (κ3) is 3.70. The molecule has 24 heavy (non-hydrogen) atoms. The van der Waals surface area contributed by atoms with Gasteiger partial charge in [0.05, 0.1) is 25.2 Å². The van der Waals surface area contributed by atoms with Gasteiger partial charge < -0.3 is 24.3 Å². The molecule has 0 aliphatic rings. The molecule has 2 aromatic rings. The fourth-order valence-corrected chi connectivity index (χ4v) is 2.77. The summed E-state index contributed by atoms with van der Waals surface area (Å²) < 4.78 is 16.3. The van der Waals surface area contributed by atoms with E-state index in [1.807, 2.05) is 0 Å². The number of amides is 1. The first-order valence-corrected chi connectivity index (χ1v) is 7.69. The monoisotopic (exact) mass is 397 g/mol. The van der Waals surface area contributed by atoms with E-state index in [1.54, 1.807) is 19.1 Å². The number of methoxy groups -OCH3 is 2. The number of ether oxygens (including phenoxy) is 2. The quantitative estimate of drug-likeness (QED) is 0.777. The van der Waals surface area contributed by atoms with Crippen molar-refractivity contribution < 1.29 is 28.6 Å². The van der Waals surface area contributed by atoms with Crippen molar-refractivity contribution in [1.82, 2.24) is 5.32 Å². The molecule has 0 fully saturated rings. The maximum absolute atomic E-state index is 12.3. The molecule has 0 atom stereocenters. The molecule has 0 radical (unpaired) electrons. The molecule has 7 nitrogen and oxygen atoms in total. The highest BCUT2D eigenvalue weighted by Gasteiger charge is 2.17. The molecule has 0 aliphatic heterocycles. The molecule has 0 aliphatic carbocycles. The van der Waals surface area contributed by atoms with E-state index in [4.69, 9.17) is 19.0 Å². The van der Waals surface area contributed by atoms with Gasteiger partial charge in [-0.2, -0.15) is 0 Å². The van der Waals surface area contributed by atoms with Crippen LogP contribution in [0.4, 0.5) is 0 Å². The average molecular weight is 398 g/mol. The van der Waals surface area contributed by atoms with E-state index in [2.05, 4.69) is 21.2 Å². The van der Waals surface area contributed by atoms with Crippen molar-refractivity contribution in [3.05, 3.63) is 45.3 Å². The number of hydrogen-bond acceptors (Lipinski definition) is 5. The van der Waals surface area contributed by atoms with Crippen molar-refractivity contribution in [3.8, 4) is 11.5 Å². The second-order valence-corrected chi connectivity index (χ2v) is 5.72. The van der Waals surface area contributed by atoms with Crippen molar-refractivity contribution in [1.29, 1.82) is 0 Å². The summed E-state index contributed by atoms with van der Waals surface area (Å²) in [6.07, 6.45) is 0. The highest BCUT2D eigenvalue weighted by molar-refractivity contribution is 9.10. The van der Waals surface area contributed by atoms with E-state index in [0.717, 1.165) is 0 Å². The van der Waals surface area contributed by atoms with E-state index in [0.29, 0.717) is 33.1 Å². The zero-order valence-corrected chi connectivity index (χ0v) is 14.9. The first-order valence-electron chi connectivity index (χ1n) is 6.89. The predicted molar refractivity (Wildman–Crippen MR) is 88.8 cm³/mol. The standard InChI is InChI=1S/C16H16BrNO6/c1-8-11(16(20)21)6-10(24-8)7-18-15(19)9-4-12(17)14(23-3)13(5-9)22-2/h4-6H,7H2,1-3H3,(H,18,19)(H,20,21). The summed E-state index contributed by atoms with van der Waals surface area (Å²) in [5, 5.41) is 11.7. The smallest absolute Gasteiger partial charge is 0.339 e. The normalized spacial score (nSPS) is 10.3. The van der Waals surface area contributed by atoms with Crippen LogP contribution in [0.15, 0.2) is 27.1 Å². The molecule has 2 rings (SSSR count). The molecule has 1 aromatic carbocycles. The summed E-state index contributed by atoms with van der Waals surface area (Å²) in [6, 6.07) is 4.55.